The first-order chi connectivity index (χ1) is 8.26. The Bertz CT molecular complexity index is 331. The van der Waals surface area contributed by atoms with Crippen molar-refractivity contribution < 1.29 is 14.2 Å². The third kappa shape index (κ3) is 3.64. The van der Waals surface area contributed by atoms with Crippen LogP contribution in [0.15, 0.2) is 18.5 Å². The highest BCUT2D eigenvalue weighted by molar-refractivity contribution is 5.26. The summed E-state index contributed by atoms with van der Waals surface area (Å²) in [5, 5.41) is 0. The van der Waals surface area contributed by atoms with Gasteiger partial charge in [0.25, 0.3) is 0 Å². The number of hydrogen-bond acceptors (Lipinski definition) is 6. The van der Waals surface area contributed by atoms with Crippen LogP contribution in [0, 0.1) is 0 Å². The largest absolute Gasteiger partial charge is 0.492 e. The van der Waals surface area contributed by atoms with Gasteiger partial charge in [0, 0.05) is 20.4 Å². The maximum absolute atomic E-state index is 5.50. The van der Waals surface area contributed by atoms with Crippen LogP contribution in [0.25, 0.3) is 0 Å². The van der Waals surface area contributed by atoms with Crippen LogP contribution in [0.5, 0.6) is 5.75 Å². The molecule has 1 aromatic rings. The molecule has 1 heterocycles. The number of nitrogens with two attached hydrogens (primary N) is 1. The molecule has 6 nitrogen and oxygen atoms in total. The molecular formula is C11H19N3O3. The molecule has 0 radical (unpaired) electrons. The Morgan fingerprint density at radius 3 is 2.59 bits per heavy atom. The quantitative estimate of drug-likeness (QED) is 0.413. The molecule has 0 bridgehead atoms. The number of aromatic nitrogens is 1. The molecule has 0 spiro atoms. The van der Waals surface area contributed by atoms with Gasteiger partial charge in [0.2, 0.25) is 0 Å². The first-order valence-corrected chi connectivity index (χ1v) is 5.36. The highest BCUT2D eigenvalue weighted by Crippen LogP contribution is 2.21. The maximum Gasteiger partial charge on any atom is 0.177 e. The number of nitrogens with zero attached hydrogens (tertiary/aromatic N) is 1. The van der Waals surface area contributed by atoms with E-state index in [0.717, 1.165) is 5.56 Å². The number of methoxy groups -OCH3 is 2. The van der Waals surface area contributed by atoms with Gasteiger partial charge in [-0.15, -0.1) is 0 Å². The molecule has 1 unspecified atom stereocenters. The predicted molar refractivity (Wildman–Crippen MR) is 63.3 cm³/mol. The fraction of sp³-hybridized carbons (Fsp3) is 0.545. The molecule has 0 aliphatic carbocycles. The third-order valence-corrected chi connectivity index (χ3v) is 2.32. The Hall–Kier alpha value is -1.21. The lowest BCUT2D eigenvalue weighted by atomic mass is 10.1. The molecule has 0 aliphatic rings. The maximum atomic E-state index is 5.50. The second-order valence-corrected chi connectivity index (χ2v) is 3.37. The fourth-order valence-electron chi connectivity index (χ4n) is 1.55. The molecule has 0 amide bonds. The lowest BCUT2D eigenvalue weighted by Gasteiger charge is -2.24. The van der Waals surface area contributed by atoms with Crippen molar-refractivity contribution in [2.45, 2.75) is 19.3 Å². The molecule has 0 aliphatic heterocycles. The SMILES string of the molecule is CCOc1cncc(C(NN)C(OC)OC)c1. The van der Waals surface area contributed by atoms with Crippen LogP contribution in [0.3, 0.4) is 0 Å². The minimum absolute atomic E-state index is 0.307. The van der Waals surface area contributed by atoms with Crippen LogP contribution in [-0.4, -0.2) is 32.1 Å². The third-order valence-electron chi connectivity index (χ3n) is 2.32. The van der Waals surface area contributed by atoms with Gasteiger partial charge in [-0.1, -0.05) is 0 Å². The second-order valence-electron chi connectivity index (χ2n) is 3.37. The minimum Gasteiger partial charge on any atom is -0.492 e. The van der Waals surface area contributed by atoms with Crippen LogP contribution < -0.4 is 16.0 Å². The normalized spacial score (nSPS) is 12.8. The topological polar surface area (TPSA) is 78.6 Å². The van der Waals surface area contributed by atoms with Crippen molar-refractivity contribution >= 4 is 0 Å². The summed E-state index contributed by atoms with van der Waals surface area (Å²) in [6.45, 7) is 2.50. The Labute approximate surface area is 101 Å². The fourth-order valence-corrected chi connectivity index (χ4v) is 1.55. The van der Waals surface area contributed by atoms with E-state index in [9.17, 15) is 0 Å². The molecule has 0 fully saturated rings. The summed E-state index contributed by atoms with van der Waals surface area (Å²) in [5.74, 6) is 6.19. The zero-order valence-electron chi connectivity index (χ0n) is 10.3. The average Bonchev–Trinajstić information content (AvgIpc) is 2.36. The molecule has 1 atom stereocenters. The zero-order chi connectivity index (χ0) is 12.7. The van der Waals surface area contributed by atoms with Gasteiger partial charge in [-0.25, -0.2) is 5.43 Å². The van der Waals surface area contributed by atoms with Crippen LogP contribution in [0.2, 0.25) is 0 Å². The number of nitrogens with one attached hydrogen (secondary N) is 1. The molecule has 0 saturated carbocycles. The highest BCUT2D eigenvalue weighted by Gasteiger charge is 2.22. The molecule has 1 rings (SSSR count). The van der Waals surface area contributed by atoms with Crippen molar-refractivity contribution in [1.82, 2.24) is 10.4 Å². The lowest BCUT2D eigenvalue weighted by Crippen LogP contribution is -2.38. The van der Waals surface area contributed by atoms with Crippen molar-refractivity contribution in [3.63, 3.8) is 0 Å². The van der Waals surface area contributed by atoms with Crippen molar-refractivity contribution in [2.24, 2.45) is 5.84 Å². The van der Waals surface area contributed by atoms with Gasteiger partial charge >= 0.3 is 0 Å². The van der Waals surface area contributed by atoms with E-state index in [4.69, 9.17) is 20.1 Å². The molecule has 6 heteroatoms. The van der Waals surface area contributed by atoms with Gasteiger partial charge < -0.3 is 14.2 Å². The standard InChI is InChI=1S/C11H19N3O3/c1-4-17-9-5-8(6-13-7-9)10(14-12)11(15-2)16-3/h5-7,10-11,14H,4,12H2,1-3H3. The van der Waals surface area contributed by atoms with Crippen LogP contribution in [-0.2, 0) is 9.47 Å². The van der Waals surface area contributed by atoms with E-state index in [2.05, 4.69) is 10.4 Å². The van der Waals surface area contributed by atoms with E-state index < -0.39 is 6.29 Å². The Morgan fingerprint density at radius 1 is 1.35 bits per heavy atom. The van der Waals surface area contributed by atoms with Gasteiger partial charge in [0.1, 0.15) is 5.75 Å². The molecule has 0 saturated heterocycles. The van der Waals surface area contributed by atoms with E-state index in [0.29, 0.717) is 12.4 Å². The summed E-state index contributed by atoms with van der Waals surface area (Å²) in [4.78, 5) is 4.09. The number of hydrogen-bond donors (Lipinski definition) is 2. The smallest absolute Gasteiger partial charge is 0.177 e. The van der Waals surface area contributed by atoms with E-state index in [1.807, 2.05) is 13.0 Å². The van der Waals surface area contributed by atoms with Gasteiger partial charge in [0.05, 0.1) is 18.8 Å². The summed E-state index contributed by atoms with van der Waals surface area (Å²) < 4.78 is 15.7. The van der Waals surface area contributed by atoms with Crippen LogP contribution in [0.4, 0.5) is 0 Å². The van der Waals surface area contributed by atoms with Crippen LogP contribution >= 0.6 is 0 Å². The summed E-state index contributed by atoms with van der Waals surface area (Å²) >= 11 is 0. The van der Waals surface area contributed by atoms with E-state index in [1.54, 1.807) is 26.6 Å². The number of ether oxygens (including phenoxy) is 3. The lowest BCUT2D eigenvalue weighted by molar-refractivity contribution is -0.124. The highest BCUT2D eigenvalue weighted by atomic mass is 16.7. The molecule has 96 valence electrons. The first-order valence-electron chi connectivity index (χ1n) is 5.36. The average molecular weight is 241 g/mol. The van der Waals surface area contributed by atoms with Gasteiger partial charge in [0.15, 0.2) is 6.29 Å². The van der Waals surface area contributed by atoms with Crippen molar-refractivity contribution in [1.29, 1.82) is 0 Å². The van der Waals surface area contributed by atoms with Gasteiger partial charge in [-0.2, -0.15) is 0 Å². The van der Waals surface area contributed by atoms with Crippen molar-refractivity contribution in [3.05, 3.63) is 24.0 Å². The van der Waals surface area contributed by atoms with E-state index in [1.165, 1.54) is 0 Å². The number of pyridine rings is 1. The molecule has 17 heavy (non-hydrogen) atoms. The van der Waals surface area contributed by atoms with Crippen LogP contribution in [0.1, 0.15) is 18.5 Å². The van der Waals surface area contributed by atoms with Gasteiger partial charge in [-0.3, -0.25) is 10.8 Å². The molecular weight excluding hydrogens is 222 g/mol. The van der Waals surface area contributed by atoms with Crippen molar-refractivity contribution in [3.8, 4) is 5.75 Å². The minimum atomic E-state index is -0.487. The Morgan fingerprint density at radius 2 is 2.06 bits per heavy atom. The van der Waals surface area contributed by atoms with Crippen molar-refractivity contribution in [2.75, 3.05) is 20.8 Å². The molecule has 1 aromatic heterocycles. The zero-order valence-corrected chi connectivity index (χ0v) is 10.3. The summed E-state index contributed by atoms with van der Waals surface area (Å²) in [7, 11) is 3.11. The van der Waals surface area contributed by atoms with Gasteiger partial charge in [-0.05, 0) is 18.6 Å². The summed E-state index contributed by atoms with van der Waals surface area (Å²) in [6.07, 6.45) is 2.85. The first kappa shape index (κ1) is 13.9. The number of hydrazine groups is 1. The Kier molecular flexibility index (Phi) is 5.85. The number of rotatable bonds is 7. The second kappa shape index (κ2) is 7.18. The van der Waals surface area contributed by atoms with E-state index >= 15 is 0 Å². The summed E-state index contributed by atoms with van der Waals surface area (Å²) in [6, 6.07) is 1.55. The summed E-state index contributed by atoms with van der Waals surface area (Å²) in [5.41, 5.74) is 3.48. The predicted octanol–water partition coefficient (Wildman–Crippen LogP) is 0.604. The monoisotopic (exact) mass is 241 g/mol. The molecule has 3 N–H and O–H groups in total. The molecule has 0 aromatic carbocycles. The Balaban J connectivity index is 2.90. The van der Waals surface area contributed by atoms with E-state index in [-0.39, 0.29) is 6.04 Å².